The highest BCUT2D eigenvalue weighted by atomic mass is 32.1. The van der Waals surface area contributed by atoms with E-state index in [4.69, 9.17) is 0 Å². The number of nitrogens with zero attached hydrogens (tertiary/aromatic N) is 1. The third-order valence-corrected chi connectivity index (χ3v) is 4.66. The van der Waals surface area contributed by atoms with Gasteiger partial charge in [0.1, 0.15) is 6.04 Å². The Bertz CT molecular complexity index is 569. The molecular weight excluding hydrogens is 278 g/mol. The molecule has 3 rings (SSSR count). The zero-order chi connectivity index (χ0) is 14.1. The van der Waals surface area contributed by atoms with E-state index in [1.165, 1.54) is 10.4 Å². The monoisotopic (exact) mass is 293 g/mol. The first-order valence-corrected chi connectivity index (χ1v) is 7.46. The lowest BCUT2D eigenvalue weighted by Crippen LogP contribution is -2.50. The van der Waals surface area contributed by atoms with E-state index in [-0.39, 0.29) is 18.2 Å². The number of carbonyl (C=O) groups excluding carboxylic acids is 3. The fourth-order valence-electron chi connectivity index (χ4n) is 2.57. The number of hydrogen-bond acceptors (Lipinski definition) is 4. The van der Waals surface area contributed by atoms with E-state index in [0.717, 1.165) is 6.42 Å². The van der Waals surface area contributed by atoms with Crippen molar-refractivity contribution in [2.24, 2.45) is 0 Å². The standard InChI is InChI=1S/C13H15N3O3S/c17-11-2-1-9(14-13(19)15-11)12(18)16-5-3-10-8(7-16)4-6-20-10/h4,6,9H,1-3,5,7H2,(H2,14,15,17,19)/t9-/m0/s1. The van der Waals surface area contributed by atoms with E-state index in [1.807, 2.05) is 11.4 Å². The van der Waals surface area contributed by atoms with Gasteiger partial charge < -0.3 is 10.2 Å². The summed E-state index contributed by atoms with van der Waals surface area (Å²) in [5.74, 6) is -0.441. The molecule has 1 fully saturated rings. The van der Waals surface area contributed by atoms with Gasteiger partial charge >= 0.3 is 6.03 Å². The predicted octanol–water partition coefficient (Wildman–Crippen LogP) is 0.621. The van der Waals surface area contributed by atoms with Crippen LogP contribution in [0.2, 0.25) is 0 Å². The number of rotatable bonds is 1. The Morgan fingerprint density at radius 3 is 3.05 bits per heavy atom. The minimum atomic E-state index is -0.610. The van der Waals surface area contributed by atoms with Gasteiger partial charge in [0.2, 0.25) is 11.8 Å². The van der Waals surface area contributed by atoms with Crippen LogP contribution in [-0.4, -0.2) is 35.3 Å². The lowest BCUT2D eigenvalue weighted by atomic mass is 10.1. The van der Waals surface area contributed by atoms with Crippen LogP contribution >= 0.6 is 11.3 Å². The molecule has 0 aliphatic carbocycles. The van der Waals surface area contributed by atoms with Gasteiger partial charge in [0.25, 0.3) is 0 Å². The van der Waals surface area contributed by atoms with Crippen molar-refractivity contribution in [3.8, 4) is 0 Å². The van der Waals surface area contributed by atoms with Crippen LogP contribution in [0.1, 0.15) is 23.3 Å². The van der Waals surface area contributed by atoms with E-state index in [1.54, 1.807) is 16.2 Å². The first-order valence-electron chi connectivity index (χ1n) is 6.58. The molecule has 20 heavy (non-hydrogen) atoms. The molecule has 1 atom stereocenters. The molecule has 7 heteroatoms. The van der Waals surface area contributed by atoms with Crippen LogP contribution in [0.5, 0.6) is 0 Å². The highest BCUT2D eigenvalue weighted by Gasteiger charge is 2.31. The summed E-state index contributed by atoms with van der Waals surface area (Å²) in [4.78, 5) is 38.3. The zero-order valence-electron chi connectivity index (χ0n) is 10.8. The molecule has 0 bridgehead atoms. The first kappa shape index (κ1) is 13.1. The summed E-state index contributed by atoms with van der Waals surface area (Å²) in [6.07, 6.45) is 1.40. The number of urea groups is 1. The van der Waals surface area contributed by atoms with E-state index < -0.39 is 12.1 Å². The van der Waals surface area contributed by atoms with Crippen LogP contribution in [0.4, 0.5) is 4.79 Å². The molecule has 1 saturated heterocycles. The highest BCUT2D eigenvalue weighted by molar-refractivity contribution is 7.10. The Hall–Kier alpha value is -1.89. The lowest BCUT2D eigenvalue weighted by molar-refractivity contribution is -0.134. The van der Waals surface area contributed by atoms with Crippen LogP contribution in [0, 0.1) is 0 Å². The molecule has 0 unspecified atom stereocenters. The van der Waals surface area contributed by atoms with Gasteiger partial charge in [-0.2, -0.15) is 0 Å². The maximum atomic E-state index is 12.5. The molecule has 0 aromatic carbocycles. The second-order valence-corrected chi connectivity index (χ2v) is 5.99. The number of imide groups is 1. The third kappa shape index (κ3) is 2.53. The molecule has 0 spiro atoms. The van der Waals surface area contributed by atoms with Crippen LogP contribution in [0.15, 0.2) is 11.4 Å². The van der Waals surface area contributed by atoms with Crippen molar-refractivity contribution < 1.29 is 14.4 Å². The molecule has 2 N–H and O–H groups in total. The van der Waals surface area contributed by atoms with Crippen LogP contribution in [-0.2, 0) is 22.6 Å². The molecule has 2 aliphatic rings. The summed E-state index contributed by atoms with van der Waals surface area (Å²) in [6, 6.07) is 0.844. The quantitative estimate of drug-likeness (QED) is 0.797. The van der Waals surface area contributed by atoms with Gasteiger partial charge in [0.15, 0.2) is 0 Å². The maximum absolute atomic E-state index is 12.5. The highest BCUT2D eigenvalue weighted by Crippen LogP contribution is 2.24. The van der Waals surface area contributed by atoms with Crippen molar-refractivity contribution >= 4 is 29.2 Å². The third-order valence-electron chi connectivity index (χ3n) is 3.64. The summed E-state index contributed by atoms with van der Waals surface area (Å²) >= 11 is 1.72. The van der Waals surface area contributed by atoms with E-state index in [0.29, 0.717) is 19.5 Å². The minimum Gasteiger partial charge on any atom is -0.336 e. The summed E-state index contributed by atoms with van der Waals surface area (Å²) in [7, 11) is 0. The number of thiophene rings is 1. The van der Waals surface area contributed by atoms with Gasteiger partial charge in [0, 0.05) is 24.4 Å². The number of carbonyl (C=O) groups is 3. The maximum Gasteiger partial charge on any atom is 0.322 e. The van der Waals surface area contributed by atoms with Gasteiger partial charge in [-0.15, -0.1) is 11.3 Å². The molecular formula is C13H15N3O3S. The summed E-state index contributed by atoms with van der Waals surface area (Å²) in [5, 5.41) is 6.78. The molecule has 3 heterocycles. The van der Waals surface area contributed by atoms with Gasteiger partial charge in [0.05, 0.1) is 0 Å². The van der Waals surface area contributed by atoms with Crippen molar-refractivity contribution in [2.45, 2.75) is 31.8 Å². The summed E-state index contributed by atoms with van der Waals surface area (Å²) < 4.78 is 0. The molecule has 4 amide bonds. The fourth-order valence-corrected chi connectivity index (χ4v) is 3.46. The van der Waals surface area contributed by atoms with Crippen molar-refractivity contribution in [1.29, 1.82) is 0 Å². The van der Waals surface area contributed by atoms with Gasteiger partial charge in [-0.05, 0) is 29.9 Å². The van der Waals surface area contributed by atoms with Gasteiger partial charge in [-0.25, -0.2) is 4.79 Å². The number of fused-ring (bicyclic) bond motifs is 1. The van der Waals surface area contributed by atoms with E-state index in [9.17, 15) is 14.4 Å². The normalized spacial score (nSPS) is 22.6. The molecule has 1 aromatic heterocycles. The van der Waals surface area contributed by atoms with Crippen molar-refractivity contribution in [3.63, 3.8) is 0 Å². The van der Waals surface area contributed by atoms with Gasteiger partial charge in [-0.3, -0.25) is 14.9 Å². The molecule has 1 aromatic rings. The molecule has 2 aliphatic heterocycles. The van der Waals surface area contributed by atoms with Crippen molar-refractivity contribution in [3.05, 3.63) is 21.9 Å². The smallest absolute Gasteiger partial charge is 0.322 e. The zero-order valence-corrected chi connectivity index (χ0v) is 11.7. The second kappa shape index (κ2) is 5.24. The lowest BCUT2D eigenvalue weighted by Gasteiger charge is -2.30. The van der Waals surface area contributed by atoms with Crippen LogP contribution in [0.25, 0.3) is 0 Å². The van der Waals surface area contributed by atoms with Crippen molar-refractivity contribution in [1.82, 2.24) is 15.5 Å². The SMILES string of the molecule is O=C1CC[C@@H](C(=O)N2CCc3sccc3C2)NC(=O)N1. The second-order valence-electron chi connectivity index (χ2n) is 4.99. The fraction of sp³-hybridized carbons (Fsp3) is 0.462. The molecule has 0 radical (unpaired) electrons. The number of hydrogen-bond donors (Lipinski definition) is 2. The molecule has 0 saturated carbocycles. The number of amides is 4. The first-order chi connectivity index (χ1) is 9.63. The average molecular weight is 293 g/mol. The Labute approximate surface area is 120 Å². The summed E-state index contributed by atoms with van der Waals surface area (Å²) in [5.41, 5.74) is 1.18. The van der Waals surface area contributed by atoms with Crippen LogP contribution < -0.4 is 10.6 Å². The van der Waals surface area contributed by atoms with Gasteiger partial charge in [-0.1, -0.05) is 0 Å². The topological polar surface area (TPSA) is 78.5 Å². The molecule has 106 valence electrons. The van der Waals surface area contributed by atoms with Crippen LogP contribution in [0.3, 0.4) is 0 Å². The Morgan fingerprint density at radius 1 is 1.35 bits per heavy atom. The number of nitrogens with one attached hydrogen (secondary N) is 2. The van der Waals surface area contributed by atoms with E-state index >= 15 is 0 Å². The average Bonchev–Trinajstić information content (AvgIpc) is 2.82. The predicted molar refractivity (Wildman–Crippen MR) is 73.1 cm³/mol. The van der Waals surface area contributed by atoms with E-state index in [2.05, 4.69) is 10.6 Å². The Morgan fingerprint density at radius 2 is 2.20 bits per heavy atom. The minimum absolute atomic E-state index is 0.105. The largest absolute Gasteiger partial charge is 0.336 e. The van der Waals surface area contributed by atoms with Crippen molar-refractivity contribution in [2.75, 3.05) is 6.54 Å². The Kier molecular flexibility index (Phi) is 3.43. The molecule has 6 nitrogen and oxygen atoms in total. The summed E-state index contributed by atoms with van der Waals surface area (Å²) in [6.45, 7) is 1.26. The Balaban J connectivity index is 1.70.